The fourth-order valence-corrected chi connectivity index (χ4v) is 9.83. The van der Waals surface area contributed by atoms with Crippen LogP contribution in [0.4, 0.5) is 0 Å². The topological polar surface area (TPSA) is 78.9 Å². The normalized spacial score (nSPS) is 12.8. The zero-order valence-corrected chi connectivity index (χ0v) is 54.0. The summed E-state index contributed by atoms with van der Waals surface area (Å²) in [5.74, 6) is -0.925. The minimum atomic E-state index is -0.798. The zero-order chi connectivity index (χ0) is 59.2. The van der Waals surface area contributed by atoms with Gasteiger partial charge in [0, 0.05) is 19.3 Å². The molecule has 0 rings (SSSR count). The second kappa shape index (κ2) is 69.6. The van der Waals surface area contributed by atoms with Gasteiger partial charge in [-0.05, 0) is 122 Å². The number of allylic oxidation sites excluding steroid dienone is 18. The van der Waals surface area contributed by atoms with Crippen molar-refractivity contribution in [3.05, 3.63) is 109 Å². The maximum Gasteiger partial charge on any atom is 0.306 e. The third-order valence-corrected chi connectivity index (χ3v) is 15.0. The Morgan fingerprint density at radius 3 is 0.780 bits per heavy atom. The summed E-state index contributed by atoms with van der Waals surface area (Å²) in [7, 11) is 0. The summed E-state index contributed by atoms with van der Waals surface area (Å²) >= 11 is 0. The number of esters is 3. The van der Waals surface area contributed by atoms with E-state index in [4.69, 9.17) is 14.2 Å². The quantitative estimate of drug-likeness (QED) is 0.0261. The van der Waals surface area contributed by atoms with E-state index in [0.29, 0.717) is 19.3 Å². The van der Waals surface area contributed by atoms with Crippen LogP contribution in [0.5, 0.6) is 0 Å². The van der Waals surface area contributed by atoms with Gasteiger partial charge >= 0.3 is 17.9 Å². The highest BCUT2D eigenvalue weighted by atomic mass is 16.6. The molecule has 1 unspecified atom stereocenters. The van der Waals surface area contributed by atoms with Crippen LogP contribution in [-0.4, -0.2) is 37.2 Å². The van der Waals surface area contributed by atoms with Crippen LogP contribution in [0.15, 0.2) is 109 Å². The van der Waals surface area contributed by atoms with Crippen LogP contribution in [0.3, 0.4) is 0 Å². The first kappa shape index (κ1) is 78.1. The Labute approximate surface area is 508 Å². The van der Waals surface area contributed by atoms with Crippen molar-refractivity contribution in [2.75, 3.05) is 13.2 Å². The van der Waals surface area contributed by atoms with Gasteiger partial charge in [0.25, 0.3) is 0 Å². The van der Waals surface area contributed by atoms with Crippen LogP contribution in [0.2, 0.25) is 0 Å². The fourth-order valence-electron chi connectivity index (χ4n) is 9.83. The van der Waals surface area contributed by atoms with E-state index in [2.05, 4.69) is 130 Å². The lowest BCUT2D eigenvalue weighted by Gasteiger charge is -2.18. The largest absolute Gasteiger partial charge is 0.462 e. The maximum absolute atomic E-state index is 12.9. The number of unbranched alkanes of at least 4 members (excludes halogenated alkanes) is 34. The van der Waals surface area contributed by atoms with Gasteiger partial charge in [0.1, 0.15) is 13.2 Å². The Hall–Kier alpha value is -3.93. The summed E-state index contributed by atoms with van der Waals surface area (Å²) in [5.41, 5.74) is 0. The van der Waals surface area contributed by atoms with Crippen LogP contribution in [0.25, 0.3) is 0 Å². The Bertz CT molecular complexity index is 1640. The fraction of sp³-hybridized carbons (Fsp3) is 0.724. The molecule has 0 saturated carbocycles. The lowest BCUT2D eigenvalue weighted by molar-refractivity contribution is -0.167. The van der Waals surface area contributed by atoms with E-state index in [0.717, 1.165) is 109 Å². The summed E-state index contributed by atoms with van der Waals surface area (Å²) in [5, 5.41) is 0. The van der Waals surface area contributed by atoms with E-state index in [1.54, 1.807) is 0 Å². The Balaban J connectivity index is 4.26. The average molecular weight is 1140 g/mol. The lowest BCUT2D eigenvalue weighted by Crippen LogP contribution is -2.30. The second-order valence-corrected chi connectivity index (χ2v) is 23.0. The third kappa shape index (κ3) is 66.9. The van der Waals surface area contributed by atoms with Crippen molar-refractivity contribution in [2.24, 2.45) is 0 Å². The molecule has 0 aromatic rings. The van der Waals surface area contributed by atoms with E-state index in [1.807, 2.05) is 0 Å². The SMILES string of the molecule is CC/C=C\C/C=C\C/C=C\C/C=C\CCCCCCCCCCCCCCCCCCCCC(=O)OCC(COC(=O)CCCC/C=C\C/C=C\C/C=C\C/C=C\CC)OC(=O)CCCCCCCCC/C=C\CCCCCCCCC. The predicted molar refractivity (Wildman–Crippen MR) is 357 cm³/mol. The number of rotatable bonds is 63. The molecule has 0 aliphatic rings. The van der Waals surface area contributed by atoms with Crippen molar-refractivity contribution in [3.63, 3.8) is 0 Å². The monoisotopic (exact) mass is 1140 g/mol. The van der Waals surface area contributed by atoms with Crippen molar-refractivity contribution in [3.8, 4) is 0 Å². The number of hydrogen-bond acceptors (Lipinski definition) is 6. The molecule has 0 spiro atoms. The molecule has 0 bridgehead atoms. The molecule has 0 aromatic heterocycles. The molecule has 0 aromatic carbocycles. The molecule has 0 aliphatic heterocycles. The second-order valence-electron chi connectivity index (χ2n) is 23.0. The van der Waals surface area contributed by atoms with Crippen LogP contribution in [-0.2, 0) is 28.6 Å². The Morgan fingerprint density at radius 2 is 0.476 bits per heavy atom. The first-order valence-electron chi connectivity index (χ1n) is 34.9. The molecule has 0 N–H and O–H groups in total. The first-order valence-corrected chi connectivity index (χ1v) is 34.9. The summed E-state index contributed by atoms with van der Waals surface area (Å²) < 4.78 is 16.9. The van der Waals surface area contributed by atoms with Gasteiger partial charge in [0.2, 0.25) is 0 Å². The average Bonchev–Trinajstić information content (AvgIpc) is 3.47. The highest BCUT2D eigenvalue weighted by molar-refractivity contribution is 5.71. The predicted octanol–water partition coefficient (Wildman–Crippen LogP) is 24.2. The molecule has 470 valence electrons. The van der Waals surface area contributed by atoms with Gasteiger partial charge in [0.05, 0.1) is 0 Å². The highest BCUT2D eigenvalue weighted by Crippen LogP contribution is 2.17. The Morgan fingerprint density at radius 1 is 0.256 bits per heavy atom. The molecule has 82 heavy (non-hydrogen) atoms. The van der Waals surface area contributed by atoms with Crippen molar-refractivity contribution in [1.29, 1.82) is 0 Å². The van der Waals surface area contributed by atoms with E-state index < -0.39 is 6.10 Å². The smallest absolute Gasteiger partial charge is 0.306 e. The number of carbonyl (C=O) groups is 3. The number of ether oxygens (including phenoxy) is 3. The molecule has 0 fully saturated rings. The van der Waals surface area contributed by atoms with Gasteiger partial charge in [-0.15, -0.1) is 0 Å². The van der Waals surface area contributed by atoms with Gasteiger partial charge in [-0.3, -0.25) is 14.4 Å². The van der Waals surface area contributed by atoms with Crippen molar-refractivity contribution < 1.29 is 28.6 Å². The molecule has 6 nitrogen and oxygen atoms in total. The molecule has 0 amide bonds. The first-order chi connectivity index (χ1) is 40.5. The zero-order valence-electron chi connectivity index (χ0n) is 54.0. The minimum Gasteiger partial charge on any atom is -0.462 e. The van der Waals surface area contributed by atoms with E-state index in [1.165, 1.54) is 186 Å². The van der Waals surface area contributed by atoms with Gasteiger partial charge < -0.3 is 14.2 Å². The Kier molecular flexibility index (Phi) is 66.2. The maximum atomic E-state index is 12.9. The summed E-state index contributed by atoms with van der Waals surface area (Å²) in [6, 6.07) is 0. The van der Waals surface area contributed by atoms with E-state index in [9.17, 15) is 14.4 Å². The van der Waals surface area contributed by atoms with Crippen LogP contribution in [0, 0.1) is 0 Å². The molecule has 0 radical (unpaired) electrons. The third-order valence-electron chi connectivity index (χ3n) is 15.0. The molecule has 0 heterocycles. The van der Waals surface area contributed by atoms with E-state index in [-0.39, 0.29) is 31.1 Å². The van der Waals surface area contributed by atoms with Gasteiger partial charge in [-0.25, -0.2) is 0 Å². The summed E-state index contributed by atoms with van der Waals surface area (Å²) in [4.78, 5) is 38.4. The van der Waals surface area contributed by atoms with Gasteiger partial charge in [-0.2, -0.15) is 0 Å². The van der Waals surface area contributed by atoms with Gasteiger partial charge in [-0.1, -0.05) is 304 Å². The number of hydrogen-bond donors (Lipinski definition) is 0. The van der Waals surface area contributed by atoms with Crippen molar-refractivity contribution in [1.82, 2.24) is 0 Å². The molecular weight excluding hydrogens is 1010 g/mol. The van der Waals surface area contributed by atoms with Crippen LogP contribution < -0.4 is 0 Å². The molecule has 0 saturated heterocycles. The minimum absolute atomic E-state index is 0.0907. The summed E-state index contributed by atoms with van der Waals surface area (Å²) in [6.45, 7) is 6.41. The molecule has 1 atom stereocenters. The van der Waals surface area contributed by atoms with Crippen molar-refractivity contribution >= 4 is 17.9 Å². The highest BCUT2D eigenvalue weighted by Gasteiger charge is 2.19. The van der Waals surface area contributed by atoms with Crippen molar-refractivity contribution in [2.45, 2.75) is 341 Å². The van der Waals surface area contributed by atoms with Crippen LogP contribution >= 0.6 is 0 Å². The summed E-state index contributed by atoms with van der Waals surface area (Å²) in [6.07, 6.45) is 95.5. The van der Waals surface area contributed by atoms with Gasteiger partial charge in [0.15, 0.2) is 6.10 Å². The number of carbonyl (C=O) groups excluding carboxylic acids is 3. The van der Waals surface area contributed by atoms with Crippen LogP contribution in [0.1, 0.15) is 335 Å². The lowest BCUT2D eigenvalue weighted by atomic mass is 10.0. The molecular formula is C76H130O6. The standard InChI is InChI=1S/C76H130O6/c1-4-7-10-13-16-19-22-25-28-30-32-33-34-35-36-37-38-39-40-41-42-43-44-46-48-51-54-57-60-63-66-69-75(78)81-72-73(71-80-74(77)68-65-62-59-56-53-50-47-27-24-21-18-15-12-9-6-3)82-76(79)70-67-64-61-58-55-52-49-45-31-29-26-23-20-17-14-11-8-5-2/h7,9-10,12,16,18-19,21,25,27-29,31-33,47,53,56,73H,4-6,8,11,13-15,17,20,22-24,26,30,34-46,48-52,54-55,57-72H2,1-3H3/b10-7-,12-9-,19-16-,21-18-,28-25-,31-29-,33-32-,47-27-,56-53-. The molecule has 0 aliphatic carbocycles. The molecule has 6 heteroatoms. The van der Waals surface area contributed by atoms with E-state index >= 15 is 0 Å².